The molecule has 0 saturated carbocycles. The third kappa shape index (κ3) is 4.18. The molecule has 0 aliphatic carbocycles. The van der Waals surface area contributed by atoms with Gasteiger partial charge in [-0.15, -0.1) is 0 Å². The maximum Gasteiger partial charge on any atom is 0.313 e. The number of aryl methyl sites for hydroxylation is 2. The molecule has 0 heterocycles. The van der Waals surface area contributed by atoms with Gasteiger partial charge in [0.15, 0.2) is 0 Å². The maximum atomic E-state index is 11.9. The fourth-order valence-electron chi connectivity index (χ4n) is 1.96. The number of carbonyl (C=O) groups excluding carboxylic acids is 2. The number of hydrogen-bond donors (Lipinski definition) is 2. The van der Waals surface area contributed by atoms with Gasteiger partial charge in [0.05, 0.1) is 5.69 Å². The van der Waals surface area contributed by atoms with Gasteiger partial charge in [-0.05, 0) is 58.6 Å². The smallest absolute Gasteiger partial charge is 0.313 e. The summed E-state index contributed by atoms with van der Waals surface area (Å²) in [7, 11) is 0. The molecule has 0 aromatic heterocycles. The van der Waals surface area contributed by atoms with Crippen molar-refractivity contribution in [3.63, 3.8) is 0 Å². The monoisotopic (exact) mass is 360 g/mol. The molecule has 5 heteroatoms. The molecule has 114 valence electrons. The van der Waals surface area contributed by atoms with Gasteiger partial charge in [-0.3, -0.25) is 9.59 Å². The topological polar surface area (TPSA) is 58.2 Å². The van der Waals surface area contributed by atoms with Crippen LogP contribution in [0.2, 0.25) is 0 Å². The van der Waals surface area contributed by atoms with Crippen LogP contribution in [-0.2, 0) is 16.1 Å². The number of nitrogens with one attached hydrogen (secondary N) is 2. The van der Waals surface area contributed by atoms with E-state index in [0.29, 0.717) is 12.2 Å². The van der Waals surface area contributed by atoms with Crippen LogP contribution in [0.15, 0.2) is 46.9 Å². The fraction of sp³-hybridized carbons (Fsp3) is 0.176. The summed E-state index contributed by atoms with van der Waals surface area (Å²) in [6.45, 7) is 4.24. The van der Waals surface area contributed by atoms with E-state index in [9.17, 15) is 9.59 Å². The Morgan fingerprint density at radius 2 is 1.77 bits per heavy atom. The minimum absolute atomic E-state index is 0.327. The molecule has 0 radical (unpaired) electrons. The van der Waals surface area contributed by atoms with Crippen molar-refractivity contribution in [3.8, 4) is 0 Å². The molecule has 2 rings (SSSR count). The Morgan fingerprint density at radius 1 is 1.05 bits per heavy atom. The van der Waals surface area contributed by atoms with Gasteiger partial charge in [-0.1, -0.05) is 30.3 Å². The molecule has 0 aliphatic rings. The quantitative estimate of drug-likeness (QED) is 0.824. The van der Waals surface area contributed by atoms with Crippen LogP contribution in [-0.4, -0.2) is 11.8 Å². The van der Waals surface area contributed by atoms with Crippen molar-refractivity contribution in [2.24, 2.45) is 0 Å². The van der Waals surface area contributed by atoms with Crippen molar-refractivity contribution in [3.05, 3.63) is 63.6 Å². The first-order chi connectivity index (χ1) is 10.5. The highest BCUT2D eigenvalue weighted by molar-refractivity contribution is 9.10. The van der Waals surface area contributed by atoms with Gasteiger partial charge in [0.25, 0.3) is 0 Å². The van der Waals surface area contributed by atoms with E-state index in [4.69, 9.17) is 0 Å². The zero-order chi connectivity index (χ0) is 16.1. The third-order valence-electron chi connectivity index (χ3n) is 3.28. The molecule has 2 amide bonds. The van der Waals surface area contributed by atoms with Crippen molar-refractivity contribution >= 4 is 33.4 Å². The second kappa shape index (κ2) is 7.22. The molecule has 0 fully saturated rings. The fourth-order valence-corrected chi connectivity index (χ4v) is 2.56. The average Bonchev–Trinajstić information content (AvgIpc) is 2.49. The lowest BCUT2D eigenvalue weighted by atomic mass is 10.1. The Hall–Kier alpha value is -2.14. The molecule has 0 unspecified atom stereocenters. The van der Waals surface area contributed by atoms with Crippen molar-refractivity contribution in [2.75, 3.05) is 5.32 Å². The Balaban J connectivity index is 1.95. The molecule has 2 aromatic rings. The molecule has 0 atom stereocenters. The number of rotatable bonds is 3. The molecular weight excluding hydrogens is 344 g/mol. The molecule has 0 spiro atoms. The van der Waals surface area contributed by atoms with Crippen LogP contribution in [0.25, 0.3) is 0 Å². The highest BCUT2D eigenvalue weighted by atomic mass is 79.9. The third-order valence-corrected chi connectivity index (χ3v) is 3.94. The summed E-state index contributed by atoms with van der Waals surface area (Å²) in [5, 5.41) is 5.21. The lowest BCUT2D eigenvalue weighted by Gasteiger charge is -2.09. The van der Waals surface area contributed by atoms with Gasteiger partial charge in [0.1, 0.15) is 0 Å². The maximum absolute atomic E-state index is 11.9. The van der Waals surface area contributed by atoms with E-state index in [2.05, 4.69) is 26.6 Å². The predicted octanol–water partition coefficient (Wildman–Crippen LogP) is 3.32. The second-order valence-electron chi connectivity index (χ2n) is 5.05. The van der Waals surface area contributed by atoms with Gasteiger partial charge < -0.3 is 10.6 Å². The van der Waals surface area contributed by atoms with E-state index < -0.39 is 11.8 Å². The summed E-state index contributed by atoms with van der Waals surface area (Å²) in [5.74, 6) is -1.34. The molecular formula is C17H17BrN2O2. The van der Waals surface area contributed by atoms with E-state index >= 15 is 0 Å². The number of hydrogen-bond acceptors (Lipinski definition) is 2. The first-order valence-electron chi connectivity index (χ1n) is 6.87. The Labute approximate surface area is 138 Å². The Kier molecular flexibility index (Phi) is 5.33. The van der Waals surface area contributed by atoms with Gasteiger partial charge >= 0.3 is 11.8 Å². The van der Waals surface area contributed by atoms with Crippen molar-refractivity contribution in [2.45, 2.75) is 20.4 Å². The van der Waals surface area contributed by atoms with Gasteiger partial charge in [-0.2, -0.15) is 0 Å². The average molecular weight is 361 g/mol. The molecule has 0 saturated heterocycles. The van der Waals surface area contributed by atoms with E-state index in [-0.39, 0.29) is 0 Å². The number of benzene rings is 2. The van der Waals surface area contributed by atoms with Crippen LogP contribution in [0.1, 0.15) is 16.7 Å². The Morgan fingerprint density at radius 3 is 2.45 bits per heavy atom. The summed E-state index contributed by atoms with van der Waals surface area (Å²) in [5.41, 5.74) is 3.69. The van der Waals surface area contributed by atoms with Crippen LogP contribution >= 0.6 is 15.9 Å². The molecule has 22 heavy (non-hydrogen) atoms. The minimum Gasteiger partial charge on any atom is -0.344 e. The van der Waals surface area contributed by atoms with Crippen LogP contribution in [0.5, 0.6) is 0 Å². The zero-order valence-corrected chi connectivity index (χ0v) is 14.0. The molecule has 4 nitrogen and oxygen atoms in total. The minimum atomic E-state index is -0.682. The van der Waals surface area contributed by atoms with Crippen LogP contribution in [0, 0.1) is 13.8 Å². The lowest BCUT2D eigenvalue weighted by Crippen LogP contribution is -2.35. The summed E-state index contributed by atoms with van der Waals surface area (Å²) < 4.78 is 0.743. The number of amides is 2. The van der Waals surface area contributed by atoms with Crippen molar-refractivity contribution in [1.29, 1.82) is 0 Å². The number of carbonyl (C=O) groups is 2. The van der Waals surface area contributed by atoms with Gasteiger partial charge in [0, 0.05) is 11.0 Å². The van der Waals surface area contributed by atoms with E-state index in [1.807, 2.05) is 50.2 Å². The molecule has 0 bridgehead atoms. The van der Waals surface area contributed by atoms with E-state index in [1.54, 1.807) is 6.07 Å². The van der Waals surface area contributed by atoms with Gasteiger partial charge in [0.2, 0.25) is 0 Å². The highest BCUT2D eigenvalue weighted by Crippen LogP contribution is 2.23. The molecule has 0 aliphatic heterocycles. The first kappa shape index (κ1) is 16.2. The summed E-state index contributed by atoms with van der Waals surface area (Å²) in [4.78, 5) is 23.8. The lowest BCUT2D eigenvalue weighted by molar-refractivity contribution is -0.136. The summed E-state index contributed by atoms with van der Waals surface area (Å²) in [6, 6.07) is 13.2. The van der Waals surface area contributed by atoms with Crippen molar-refractivity contribution < 1.29 is 9.59 Å². The van der Waals surface area contributed by atoms with Crippen LogP contribution in [0.4, 0.5) is 5.69 Å². The highest BCUT2D eigenvalue weighted by Gasteiger charge is 2.14. The van der Waals surface area contributed by atoms with Crippen LogP contribution < -0.4 is 10.6 Å². The summed E-state index contributed by atoms with van der Waals surface area (Å²) >= 11 is 3.36. The predicted molar refractivity (Wildman–Crippen MR) is 90.5 cm³/mol. The SMILES string of the molecule is Cc1ccc(NC(=O)C(=O)NCc2ccccc2C)c(Br)c1. The zero-order valence-electron chi connectivity index (χ0n) is 12.4. The second-order valence-corrected chi connectivity index (χ2v) is 5.90. The normalized spacial score (nSPS) is 10.1. The molecule has 2 aromatic carbocycles. The van der Waals surface area contributed by atoms with E-state index in [0.717, 1.165) is 21.2 Å². The van der Waals surface area contributed by atoms with Gasteiger partial charge in [-0.25, -0.2) is 0 Å². The van der Waals surface area contributed by atoms with Crippen molar-refractivity contribution in [1.82, 2.24) is 5.32 Å². The standard InChI is InChI=1S/C17H17BrN2O2/c1-11-7-8-15(14(18)9-11)20-17(22)16(21)19-10-13-6-4-3-5-12(13)2/h3-9H,10H2,1-2H3,(H,19,21)(H,20,22). The first-order valence-corrected chi connectivity index (χ1v) is 7.66. The largest absolute Gasteiger partial charge is 0.344 e. The molecule has 2 N–H and O–H groups in total. The Bertz CT molecular complexity index is 714. The van der Waals surface area contributed by atoms with E-state index in [1.165, 1.54) is 0 Å². The number of halogens is 1. The van der Waals surface area contributed by atoms with Crippen LogP contribution in [0.3, 0.4) is 0 Å². The number of anilines is 1. The summed E-state index contributed by atoms with van der Waals surface area (Å²) in [6.07, 6.45) is 0.